The highest BCUT2D eigenvalue weighted by atomic mass is 32.5. The largest absolute Gasteiger partial charge is 0.383 e. The first-order valence-corrected chi connectivity index (χ1v) is 13.7. The number of likely N-dealkylation sites (N-methyl/N-ethyl adjacent to an activating group) is 1. The number of pyridine rings is 1. The van der Waals surface area contributed by atoms with Gasteiger partial charge >= 0.3 is 22.0 Å². The van der Waals surface area contributed by atoms with Gasteiger partial charge in [0.1, 0.15) is 16.2 Å². The van der Waals surface area contributed by atoms with Gasteiger partial charge in [0, 0.05) is 13.2 Å². The Morgan fingerprint density at radius 3 is 2.45 bits per heavy atom. The van der Waals surface area contributed by atoms with E-state index in [4.69, 9.17) is 10.5 Å². The van der Waals surface area contributed by atoms with Crippen LogP contribution >= 0.6 is 10.2 Å². The van der Waals surface area contributed by atoms with Gasteiger partial charge in [0.15, 0.2) is 6.23 Å². The van der Waals surface area contributed by atoms with E-state index in [1.54, 1.807) is 11.6 Å². The summed E-state index contributed by atoms with van der Waals surface area (Å²) in [6, 6.07) is 1.38. The first-order valence-electron chi connectivity index (χ1n) is 11.8. The van der Waals surface area contributed by atoms with Gasteiger partial charge in [-0.15, -0.1) is 0 Å². The molecule has 0 aliphatic carbocycles. The van der Waals surface area contributed by atoms with Crippen molar-refractivity contribution < 1.29 is 33.8 Å². The number of nitrogens with zero attached hydrogens (tertiary/aromatic N) is 4. The minimum Gasteiger partial charge on any atom is -0.383 e. The second-order valence-electron chi connectivity index (χ2n) is 8.99. The number of benzene rings is 1. The summed E-state index contributed by atoms with van der Waals surface area (Å²) in [7, 11) is -9.84. The molecule has 38 heavy (non-hydrogen) atoms. The monoisotopic (exact) mass is 562 g/mol. The quantitative estimate of drug-likeness (QED) is 0.285. The van der Waals surface area contributed by atoms with Crippen LogP contribution in [0.4, 0.5) is 30.9 Å². The van der Waals surface area contributed by atoms with Gasteiger partial charge in [-0.3, -0.25) is 9.59 Å². The Balaban J connectivity index is 1.57. The van der Waals surface area contributed by atoms with Crippen LogP contribution in [0.15, 0.2) is 41.6 Å². The number of amides is 2. The molecular weight excluding hydrogens is 535 g/mol. The van der Waals surface area contributed by atoms with Crippen molar-refractivity contribution in [2.24, 2.45) is 0 Å². The highest BCUT2D eigenvalue weighted by Crippen LogP contribution is 3.02. The second-order valence-corrected chi connectivity index (χ2v) is 11.4. The normalized spacial score (nSPS) is 18.9. The predicted molar refractivity (Wildman–Crippen MR) is 133 cm³/mol. The highest BCUT2D eigenvalue weighted by molar-refractivity contribution is 8.45. The maximum Gasteiger partial charge on any atom is 0.314 e. The molecule has 15 heteroatoms. The number of carbonyl (C=O) groups is 2. The molecular formula is C23H27F5N6O3S. The van der Waals surface area contributed by atoms with Crippen molar-refractivity contribution in [1.29, 1.82) is 0 Å². The van der Waals surface area contributed by atoms with E-state index in [2.05, 4.69) is 15.4 Å². The molecule has 2 atom stereocenters. The molecule has 4 rings (SSSR count). The smallest absolute Gasteiger partial charge is 0.314 e. The van der Waals surface area contributed by atoms with Gasteiger partial charge in [-0.1, -0.05) is 31.6 Å². The molecule has 0 spiro atoms. The molecule has 1 saturated heterocycles. The summed E-state index contributed by atoms with van der Waals surface area (Å²) in [6.07, 6.45) is 4.90. The van der Waals surface area contributed by atoms with Crippen LogP contribution in [-0.2, 0) is 14.3 Å². The van der Waals surface area contributed by atoms with E-state index < -0.39 is 39.2 Å². The van der Waals surface area contributed by atoms with Gasteiger partial charge in [0.25, 0.3) is 0 Å². The first kappa shape index (κ1) is 27.6. The lowest BCUT2D eigenvalue weighted by Crippen LogP contribution is -2.41. The van der Waals surface area contributed by atoms with E-state index in [-0.39, 0.29) is 35.7 Å². The zero-order valence-electron chi connectivity index (χ0n) is 20.5. The van der Waals surface area contributed by atoms with Crippen molar-refractivity contribution in [1.82, 2.24) is 19.7 Å². The Morgan fingerprint density at radius 2 is 1.87 bits per heavy atom. The fourth-order valence-electron chi connectivity index (χ4n) is 4.39. The van der Waals surface area contributed by atoms with E-state index in [9.17, 15) is 29.0 Å². The molecule has 1 aromatic carbocycles. The number of nitrogen functional groups attached to an aromatic ring is 1. The van der Waals surface area contributed by atoms with Crippen LogP contribution in [0.5, 0.6) is 0 Å². The summed E-state index contributed by atoms with van der Waals surface area (Å²) in [6.45, 7) is 3.60. The average Bonchev–Trinajstić information content (AvgIpc) is 3.32. The molecule has 2 unspecified atom stereocenters. The van der Waals surface area contributed by atoms with Gasteiger partial charge in [0.2, 0.25) is 0 Å². The maximum atomic E-state index is 13.1. The molecule has 1 aliphatic rings. The maximum absolute atomic E-state index is 13.1. The number of hydrogen-bond donors (Lipinski definition) is 2. The fourth-order valence-corrected chi connectivity index (χ4v) is 5.04. The molecule has 2 aromatic heterocycles. The Morgan fingerprint density at radius 1 is 1.18 bits per heavy atom. The van der Waals surface area contributed by atoms with E-state index in [0.29, 0.717) is 23.9 Å². The van der Waals surface area contributed by atoms with E-state index in [1.807, 2.05) is 0 Å². The summed E-state index contributed by atoms with van der Waals surface area (Å²) in [5, 5.41) is 7.32. The predicted octanol–water partition coefficient (Wildman–Crippen LogP) is 5.92. The van der Waals surface area contributed by atoms with Crippen LogP contribution in [0.1, 0.15) is 50.9 Å². The molecule has 3 aromatic rings. The Bertz CT molecular complexity index is 1380. The molecule has 1 fully saturated rings. The zero-order chi connectivity index (χ0) is 27.9. The van der Waals surface area contributed by atoms with Crippen molar-refractivity contribution >= 4 is 44.4 Å². The zero-order valence-corrected chi connectivity index (χ0v) is 21.4. The molecule has 9 nitrogen and oxygen atoms in total. The van der Waals surface area contributed by atoms with Crippen LogP contribution < -0.4 is 11.1 Å². The Kier molecular flexibility index (Phi) is 6.59. The minimum absolute atomic E-state index is 0.0139. The van der Waals surface area contributed by atoms with Crippen LogP contribution in [0.2, 0.25) is 0 Å². The summed E-state index contributed by atoms with van der Waals surface area (Å²) in [5.41, 5.74) is 6.71. The first-order chi connectivity index (χ1) is 17.6. The number of ether oxygens (including phenoxy) is 1. The fraction of sp³-hybridized carbons (Fsp3) is 0.391. The number of nitrogens with two attached hydrogens (primary N) is 1. The van der Waals surface area contributed by atoms with E-state index in [1.165, 1.54) is 19.3 Å². The summed E-state index contributed by atoms with van der Waals surface area (Å²) in [4.78, 5) is 29.2. The molecule has 3 heterocycles. The number of nitrogens with one attached hydrogen (secondary N) is 1. The van der Waals surface area contributed by atoms with E-state index in [0.717, 1.165) is 29.9 Å². The average molecular weight is 563 g/mol. The standard InChI is InChI=1S/C23H27F5N6O3S/c1-3-33(14(2)15-7-9-16(10-8-15)38(24,25,26,27)28)23(36)22(35)32-18-13-30-21(29)17-12-31-34(20(17)18)19-6-4-5-11-37-19/h7-10,12-14,19H,3-6,11H2,1-2H3,(H2,29,30)(H,32,35). The lowest BCUT2D eigenvalue weighted by atomic mass is 10.1. The number of aromatic nitrogens is 3. The third-order valence-corrected chi connectivity index (χ3v) is 7.57. The second kappa shape index (κ2) is 9.08. The molecule has 2 amide bonds. The number of rotatable bonds is 6. The SMILES string of the molecule is CCN(C(=O)C(=O)Nc1cnc(N)c2cnn(C3CCCCO3)c12)C(C)c1ccc(S(F)(F)(F)(F)F)cc1. The van der Waals surface area contributed by atoms with Gasteiger partial charge in [-0.2, -0.15) is 5.10 Å². The molecule has 0 bridgehead atoms. The van der Waals surface area contributed by atoms with Crippen LogP contribution in [0, 0.1) is 0 Å². The highest BCUT2D eigenvalue weighted by Gasteiger charge is 2.65. The molecule has 0 saturated carbocycles. The van der Waals surface area contributed by atoms with Crippen LogP contribution in [0.3, 0.4) is 0 Å². The van der Waals surface area contributed by atoms with Crippen LogP contribution in [0.25, 0.3) is 10.9 Å². The number of hydrogen-bond acceptors (Lipinski definition) is 6. The van der Waals surface area contributed by atoms with Gasteiger partial charge in [-0.25, -0.2) is 9.67 Å². The van der Waals surface area contributed by atoms with Crippen molar-refractivity contribution in [2.45, 2.75) is 50.3 Å². The molecule has 208 valence electrons. The summed E-state index contributed by atoms with van der Waals surface area (Å²) < 4.78 is 72.7. The van der Waals surface area contributed by atoms with Crippen molar-refractivity contribution in [2.75, 3.05) is 24.2 Å². The Labute approximate surface area is 214 Å². The molecule has 1 aliphatic heterocycles. The third-order valence-electron chi connectivity index (χ3n) is 6.41. The summed E-state index contributed by atoms with van der Waals surface area (Å²) in [5.74, 6) is -1.85. The van der Waals surface area contributed by atoms with Crippen molar-refractivity contribution in [3.63, 3.8) is 0 Å². The lowest BCUT2D eigenvalue weighted by Gasteiger charge is -2.40. The van der Waals surface area contributed by atoms with Crippen LogP contribution in [-0.4, -0.2) is 44.6 Å². The minimum atomic E-state index is -9.84. The summed E-state index contributed by atoms with van der Waals surface area (Å²) >= 11 is 0. The number of fused-ring (bicyclic) bond motifs is 1. The van der Waals surface area contributed by atoms with Crippen molar-refractivity contribution in [3.05, 3.63) is 42.2 Å². The molecule has 3 N–H and O–H groups in total. The van der Waals surface area contributed by atoms with E-state index >= 15 is 0 Å². The number of carbonyl (C=O) groups excluding carboxylic acids is 2. The molecule has 0 radical (unpaired) electrons. The number of halogens is 5. The lowest BCUT2D eigenvalue weighted by molar-refractivity contribution is -0.144. The topological polar surface area (TPSA) is 115 Å². The van der Waals surface area contributed by atoms with Gasteiger partial charge in [0.05, 0.1) is 29.5 Å². The third kappa shape index (κ3) is 5.53. The van der Waals surface area contributed by atoms with Crippen molar-refractivity contribution in [3.8, 4) is 0 Å². The Hall–Kier alpha value is -3.46. The van der Waals surface area contributed by atoms with Gasteiger partial charge in [-0.05, 0) is 50.8 Å². The van der Waals surface area contributed by atoms with Gasteiger partial charge < -0.3 is 20.7 Å². The number of anilines is 2.